The third kappa shape index (κ3) is 2.37. The van der Waals surface area contributed by atoms with Crippen LogP contribution in [-0.4, -0.2) is 28.2 Å². The molecule has 0 bridgehead atoms. The van der Waals surface area contributed by atoms with Gasteiger partial charge in [-0.25, -0.2) is 9.37 Å². The van der Waals surface area contributed by atoms with Crippen LogP contribution in [0, 0.1) is 5.82 Å². The molecule has 6 heteroatoms. The van der Waals surface area contributed by atoms with Gasteiger partial charge < -0.3 is 9.30 Å². The molecule has 1 aliphatic rings. The van der Waals surface area contributed by atoms with Gasteiger partial charge in [0.15, 0.2) is 11.6 Å². The lowest BCUT2D eigenvalue weighted by atomic mass is 10.1. The Bertz CT molecular complexity index is 625. The molecule has 0 radical (unpaired) electrons. The lowest BCUT2D eigenvalue weighted by Gasteiger charge is -2.25. The number of fused-ring (bicyclic) bond motifs is 1. The number of halogens is 2. The Morgan fingerprint density at radius 2 is 2.40 bits per heavy atom. The first-order chi connectivity index (χ1) is 9.74. The molecule has 0 aliphatic carbocycles. The summed E-state index contributed by atoms with van der Waals surface area (Å²) < 4.78 is 21.0. The molecule has 1 atom stereocenters. The topological polar surface area (TPSA) is 27.1 Å². The first-order valence-corrected chi connectivity index (χ1v) is 8.31. The fourth-order valence-corrected chi connectivity index (χ4v) is 4.05. The second kappa shape index (κ2) is 5.82. The van der Waals surface area contributed by atoms with E-state index in [0.29, 0.717) is 17.4 Å². The molecule has 20 heavy (non-hydrogen) atoms. The van der Waals surface area contributed by atoms with Gasteiger partial charge in [0, 0.05) is 23.9 Å². The number of benzene rings is 1. The van der Waals surface area contributed by atoms with E-state index < -0.39 is 0 Å². The molecule has 1 aromatic heterocycles. The van der Waals surface area contributed by atoms with E-state index in [4.69, 9.17) is 16.3 Å². The molecule has 2 heterocycles. The highest BCUT2D eigenvalue weighted by molar-refractivity contribution is 7.99. The minimum absolute atomic E-state index is 0.253. The van der Waals surface area contributed by atoms with Crippen LogP contribution in [0.5, 0.6) is 5.75 Å². The van der Waals surface area contributed by atoms with Crippen LogP contribution in [0.25, 0.3) is 11.0 Å². The van der Waals surface area contributed by atoms with E-state index in [1.54, 1.807) is 6.07 Å². The predicted octanol–water partition coefficient (Wildman–Crippen LogP) is 3.99. The van der Waals surface area contributed by atoms with E-state index in [0.717, 1.165) is 23.5 Å². The molecule has 1 saturated heterocycles. The average Bonchev–Trinajstić information content (AvgIpc) is 2.84. The standard InChI is InChI=1S/C14H16ClFN2OS/c1-19-13-6-12-11(5-10(13)16)17-14(7-15)18(12)9-3-2-4-20-8-9/h5-6,9H,2-4,7-8H2,1H3. The van der Waals surface area contributed by atoms with Crippen molar-refractivity contribution in [1.82, 2.24) is 9.55 Å². The van der Waals surface area contributed by atoms with Crippen LogP contribution >= 0.6 is 23.4 Å². The summed E-state index contributed by atoms with van der Waals surface area (Å²) in [5.74, 6) is 3.26. The zero-order chi connectivity index (χ0) is 14.1. The van der Waals surface area contributed by atoms with E-state index in [1.165, 1.54) is 25.3 Å². The van der Waals surface area contributed by atoms with Gasteiger partial charge in [-0.15, -0.1) is 11.6 Å². The van der Waals surface area contributed by atoms with E-state index in [-0.39, 0.29) is 11.6 Å². The summed E-state index contributed by atoms with van der Waals surface area (Å²) in [7, 11) is 1.48. The number of nitrogens with zero attached hydrogens (tertiary/aromatic N) is 2. The molecule has 1 unspecified atom stereocenters. The van der Waals surface area contributed by atoms with Crippen molar-refractivity contribution in [3.8, 4) is 5.75 Å². The van der Waals surface area contributed by atoms with Crippen molar-refractivity contribution in [3.63, 3.8) is 0 Å². The Hall–Kier alpha value is -0.940. The highest BCUT2D eigenvalue weighted by atomic mass is 35.5. The summed E-state index contributed by atoms with van der Waals surface area (Å²) in [5.41, 5.74) is 1.56. The molecule has 1 aliphatic heterocycles. The number of aromatic nitrogens is 2. The fraction of sp³-hybridized carbons (Fsp3) is 0.500. The van der Waals surface area contributed by atoms with Crippen LogP contribution in [0.4, 0.5) is 4.39 Å². The van der Waals surface area contributed by atoms with Crippen LogP contribution in [-0.2, 0) is 5.88 Å². The molecule has 0 amide bonds. The van der Waals surface area contributed by atoms with Gasteiger partial charge in [-0.05, 0) is 18.6 Å². The molecule has 108 valence electrons. The van der Waals surface area contributed by atoms with Gasteiger partial charge in [0.1, 0.15) is 5.82 Å². The average molecular weight is 315 g/mol. The molecule has 1 fully saturated rings. The SMILES string of the molecule is COc1cc2c(cc1F)nc(CCl)n2C1CCCSC1. The third-order valence-corrected chi connectivity index (χ3v) is 5.09. The molecule has 0 spiro atoms. The molecular formula is C14H16ClFN2OS. The summed E-state index contributed by atoms with van der Waals surface area (Å²) in [5, 5.41) is 0. The van der Waals surface area contributed by atoms with Crippen molar-refractivity contribution in [2.45, 2.75) is 24.8 Å². The Morgan fingerprint density at radius 1 is 1.55 bits per heavy atom. The maximum absolute atomic E-state index is 13.8. The lowest BCUT2D eigenvalue weighted by Crippen LogP contribution is -2.18. The van der Waals surface area contributed by atoms with Crippen molar-refractivity contribution in [2.75, 3.05) is 18.6 Å². The molecule has 1 aromatic carbocycles. The molecule has 3 rings (SSSR count). The highest BCUT2D eigenvalue weighted by Crippen LogP contribution is 2.33. The molecule has 3 nitrogen and oxygen atoms in total. The maximum atomic E-state index is 13.8. The molecule has 0 N–H and O–H groups in total. The largest absolute Gasteiger partial charge is 0.494 e. The first kappa shape index (κ1) is 14.0. The number of thioether (sulfide) groups is 1. The van der Waals surface area contributed by atoms with Crippen molar-refractivity contribution < 1.29 is 9.13 Å². The van der Waals surface area contributed by atoms with Gasteiger partial charge in [-0.1, -0.05) is 0 Å². The second-order valence-electron chi connectivity index (χ2n) is 4.88. The number of imidazole rings is 1. The number of methoxy groups -OCH3 is 1. The summed E-state index contributed by atoms with van der Waals surface area (Å²) >= 11 is 7.97. The van der Waals surface area contributed by atoms with Gasteiger partial charge in [0.05, 0.1) is 24.0 Å². The van der Waals surface area contributed by atoms with Gasteiger partial charge in [-0.3, -0.25) is 0 Å². The molecule has 0 saturated carbocycles. The Morgan fingerprint density at radius 3 is 3.05 bits per heavy atom. The summed E-state index contributed by atoms with van der Waals surface area (Å²) in [6, 6.07) is 3.53. The highest BCUT2D eigenvalue weighted by Gasteiger charge is 2.22. The van der Waals surface area contributed by atoms with Crippen molar-refractivity contribution in [2.24, 2.45) is 0 Å². The summed E-state index contributed by atoms with van der Waals surface area (Å²) in [6.45, 7) is 0. The van der Waals surface area contributed by atoms with E-state index >= 15 is 0 Å². The smallest absolute Gasteiger partial charge is 0.167 e. The van der Waals surface area contributed by atoms with Gasteiger partial charge in [0.25, 0.3) is 0 Å². The number of alkyl halides is 1. The number of rotatable bonds is 3. The van der Waals surface area contributed by atoms with Crippen molar-refractivity contribution >= 4 is 34.4 Å². The first-order valence-electron chi connectivity index (χ1n) is 6.62. The van der Waals surface area contributed by atoms with Crippen molar-refractivity contribution in [3.05, 3.63) is 23.8 Å². The monoisotopic (exact) mass is 314 g/mol. The maximum Gasteiger partial charge on any atom is 0.167 e. The van der Waals surface area contributed by atoms with Gasteiger partial charge in [-0.2, -0.15) is 11.8 Å². The quantitative estimate of drug-likeness (QED) is 0.802. The minimum Gasteiger partial charge on any atom is -0.494 e. The summed E-state index contributed by atoms with van der Waals surface area (Å²) in [4.78, 5) is 4.47. The van der Waals surface area contributed by atoms with Crippen LogP contribution in [0.2, 0.25) is 0 Å². The number of hydrogen-bond acceptors (Lipinski definition) is 3. The van der Waals surface area contributed by atoms with E-state index in [9.17, 15) is 4.39 Å². The number of ether oxygens (including phenoxy) is 1. The Labute approximate surface area is 126 Å². The van der Waals surface area contributed by atoms with E-state index in [1.807, 2.05) is 11.8 Å². The van der Waals surface area contributed by atoms with Crippen LogP contribution in [0.3, 0.4) is 0 Å². The van der Waals surface area contributed by atoms with Crippen molar-refractivity contribution in [1.29, 1.82) is 0 Å². The second-order valence-corrected chi connectivity index (χ2v) is 6.30. The van der Waals surface area contributed by atoms with E-state index in [2.05, 4.69) is 9.55 Å². The fourth-order valence-electron chi connectivity index (χ4n) is 2.73. The predicted molar refractivity (Wildman–Crippen MR) is 81.4 cm³/mol. The van der Waals surface area contributed by atoms with Crippen LogP contribution < -0.4 is 4.74 Å². The molecular weight excluding hydrogens is 299 g/mol. The van der Waals surface area contributed by atoms with Crippen LogP contribution in [0.15, 0.2) is 12.1 Å². The third-order valence-electron chi connectivity index (χ3n) is 3.66. The molecule has 2 aromatic rings. The Balaban J connectivity index is 2.16. The minimum atomic E-state index is -0.385. The summed E-state index contributed by atoms with van der Waals surface area (Å²) in [6.07, 6.45) is 2.30. The zero-order valence-corrected chi connectivity index (χ0v) is 12.8. The Kier molecular flexibility index (Phi) is 4.08. The zero-order valence-electron chi connectivity index (χ0n) is 11.2. The number of hydrogen-bond donors (Lipinski definition) is 0. The van der Waals surface area contributed by atoms with Crippen LogP contribution in [0.1, 0.15) is 24.7 Å². The normalized spacial score (nSPS) is 19.4. The van der Waals surface area contributed by atoms with Gasteiger partial charge >= 0.3 is 0 Å². The van der Waals surface area contributed by atoms with Gasteiger partial charge in [0.2, 0.25) is 0 Å². The lowest BCUT2D eigenvalue weighted by molar-refractivity contribution is 0.387.